The molecule has 3 rings (SSSR count). The Morgan fingerprint density at radius 1 is 1.00 bits per heavy atom. The third kappa shape index (κ3) is 5.39. The van der Waals surface area contributed by atoms with Crippen molar-refractivity contribution in [2.24, 2.45) is 0 Å². The van der Waals surface area contributed by atoms with E-state index in [0.29, 0.717) is 27.7 Å². The molecule has 0 aliphatic heterocycles. The van der Waals surface area contributed by atoms with E-state index in [1.165, 1.54) is 11.8 Å². The number of anilines is 2. The molecule has 7 heteroatoms. The van der Waals surface area contributed by atoms with Crippen LogP contribution in [0.4, 0.5) is 11.4 Å². The Bertz CT molecular complexity index is 1050. The number of ether oxygens (including phenoxy) is 1. The molecule has 1 aromatic heterocycles. The van der Waals surface area contributed by atoms with Gasteiger partial charge in [0.25, 0.3) is 5.91 Å². The molecular weight excluding hydrogens is 398 g/mol. The van der Waals surface area contributed by atoms with Crippen molar-refractivity contribution in [3.8, 4) is 5.75 Å². The van der Waals surface area contributed by atoms with Gasteiger partial charge in [-0.1, -0.05) is 42.1 Å². The number of para-hydroxylation sites is 3. The molecule has 154 valence electrons. The maximum Gasteiger partial charge on any atom is 0.258 e. The largest absolute Gasteiger partial charge is 0.495 e. The number of benzene rings is 2. The molecule has 0 fully saturated rings. The van der Waals surface area contributed by atoms with Crippen LogP contribution in [-0.2, 0) is 4.79 Å². The standard InChI is InChI=1S/C23H23N3O3S/c1-15-13-16(2)24-23(21(15)22(28)25-17-9-5-4-6-10-17)30-14-20(27)26-18-11-7-8-12-19(18)29-3/h4-13H,14H2,1-3H3,(H,25,28)(H,26,27). The number of carbonyl (C=O) groups is 2. The summed E-state index contributed by atoms with van der Waals surface area (Å²) in [5, 5.41) is 6.25. The second-order valence-electron chi connectivity index (χ2n) is 6.62. The third-order valence-corrected chi connectivity index (χ3v) is 5.27. The molecule has 30 heavy (non-hydrogen) atoms. The first-order valence-corrected chi connectivity index (χ1v) is 10.4. The fraction of sp³-hybridized carbons (Fsp3) is 0.174. The molecule has 0 bridgehead atoms. The Hall–Kier alpha value is -3.32. The monoisotopic (exact) mass is 421 g/mol. The Labute approximate surface area is 180 Å². The van der Waals surface area contributed by atoms with Gasteiger partial charge in [0.2, 0.25) is 5.91 Å². The first-order chi connectivity index (χ1) is 14.5. The van der Waals surface area contributed by atoms with Crippen molar-refractivity contribution < 1.29 is 14.3 Å². The number of hydrogen-bond acceptors (Lipinski definition) is 5. The number of rotatable bonds is 7. The second kappa shape index (κ2) is 9.93. The van der Waals surface area contributed by atoms with Crippen LogP contribution in [0.25, 0.3) is 0 Å². The molecule has 0 saturated carbocycles. The van der Waals surface area contributed by atoms with Crippen molar-refractivity contribution in [2.45, 2.75) is 18.9 Å². The average Bonchev–Trinajstić information content (AvgIpc) is 2.73. The average molecular weight is 422 g/mol. The number of methoxy groups -OCH3 is 1. The number of carbonyl (C=O) groups excluding carboxylic acids is 2. The molecule has 0 spiro atoms. The van der Waals surface area contributed by atoms with Crippen LogP contribution in [0.2, 0.25) is 0 Å². The summed E-state index contributed by atoms with van der Waals surface area (Å²) in [7, 11) is 1.55. The van der Waals surface area contributed by atoms with Crippen LogP contribution >= 0.6 is 11.8 Å². The van der Waals surface area contributed by atoms with Gasteiger partial charge in [-0.25, -0.2) is 4.98 Å². The van der Waals surface area contributed by atoms with Crippen LogP contribution < -0.4 is 15.4 Å². The smallest absolute Gasteiger partial charge is 0.258 e. The van der Waals surface area contributed by atoms with Crippen molar-refractivity contribution >= 4 is 35.0 Å². The van der Waals surface area contributed by atoms with Gasteiger partial charge in [-0.05, 0) is 49.7 Å². The van der Waals surface area contributed by atoms with Crippen LogP contribution in [0, 0.1) is 13.8 Å². The number of thioether (sulfide) groups is 1. The molecule has 2 aromatic carbocycles. The minimum absolute atomic E-state index is 0.111. The highest BCUT2D eigenvalue weighted by Gasteiger charge is 2.19. The number of amides is 2. The minimum Gasteiger partial charge on any atom is -0.495 e. The quantitative estimate of drug-likeness (QED) is 0.541. The summed E-state index contributed by atoms with van der Waals surface area (Å²) in [5.74, 6) is 0.238. The molecule has 0 unspecified atom stereocenters. The highest BCUT2D eigenvalue weighted by atomic mass is 32.2. The molecule has 0 saturated heterocycles. The number of aryl methyl sites for hydroxylation is 2. The van der Waals surface area contributed by atoms with E-state index in [9.17, 15) is 9.59 Å². The molecular formula is C23H23N3O3S. The summed E-state index contributed by atoms with van der Waals surface area (Å²) >= 11 is 1.23. The van der Waals surface area contributed by atoms with Gasteiger partial charge in [-0.3, -0.25) is 9.59 Å². The van der Waals surface area contributed by atoms with Crippen LogP contribution in [0.15, 0.2) is 65.7 Å². The third-order valence-electron chi connectivity index (χ3n) is 4.29. The highest BCUT2D eigenvalue weighted by molar-refractivity contribution is 8.00. The van der Waals surface area contributed by atoms with Crippen molar-refractivity contribution in [2.75, 3.05) is 23.5 Å². The van der Waals surface area contributed by atoms with E-state index in [1.54, 1.807) is 19.2 Å². The number of hydrogen-bond donors (Lipinski definition) is 2. The molecule has 2 N–H and O–H groups in total. The fourth-order valence-electron chi connectivity index (χ4n) is 2.97. The first kappa shape index (κ1) is 21.4. The van der Waals surface area contributed by atoms with E-state index in [1.807, 2.05) is 62.4 Å². The topological polar surface area (TPSA) is 80.3 Å². The van der Waals surface area contributed by atoms with E-state index >= 15 is 0 Å². The Morgan fingerprint density at radius 2 is 1.70 bits per heavy atom. The first-order valence-electron chi connectivity index (χ1n) is 9.38. The van der Waals surface area contributed by atoms with E-state index in [0.717, 1.165) is 11.3 Å². The normalized spacial score (nSPS) is 10.4. The molecule has 0 radical (unpaired) electrons. The maximum atomic E-state index is 12.9. The predicted octanol–water partition coefficient (Wildman–Crippen LogP) is 4.69. The SMILES string of the molecule is COc1ccccc1NC(=O)CSc1nc(C)cc(C)c1C(=O)Nc1ccccc1. The van der Waals surface area contributed by atoms with Crippen molar-refractivity contribution in [3.63, 3.8) is 0 Å². The number of nitrogens with one attached hydrogen (secondary N) is 2. The van der Waals surface area contributed by atoms with E-state index in [2.05, 4.69) is 15.6 Å². The summed E-state index contributed by atoms with van der Waals surface area (Å²) in [4.78, 5) is 29.9. The molecule has 0 aliphatic rings. The van der Waals surface area contributed by atoms with E-state index < -0.39 is 0 Å². The van der Waals surface area contributed by atoms with Gasteiger partial charge in [0.15, 0.2) is 0 Å². The zero-order chi connectivity index (χ0) is 21.5. The molecule has 6 nitrogen and oxygen atoms in total. The summed E-state index contributed by atoms with van der Waals surface area (Å²) in [6.45, 7) is 3.73. The lowest BCUT2D eigenvalue weighted by atomic mass is 10.1. The summed E-state index contributed by atoms with van der Waals surface area (Å²) in [6, 6.07) is 18.3. The van der Waals surface area contributed by atoms with Gasteiger partial charge >= 0.3 is 0 Å². The number of aromatic nitrogens is 1. The van der Waals surface area contributed by atoms with Gasteiger partial charge in [-0.2, -0.15) is 0 Å². The number of nitrogens with zero attached hydrogens (tertiary/aromatic N) is 1. The maximum absolute atomic E-state index is 12.9. The van der Waals surface area contributed by atoms with E-state index in [4.69, 9.17) is 4.74 Å². The minimum atomic E-state index is -0.251. The molecule has 0 aliphatic carbocycles. The zero-order valence-corrected chi connectivity index (χ0v) is 17.9. The van der Waals surface area contributed by atoms with Crippen LogP contribution in [0.3, 0.4) is 0 Å². The lowest BCUT2D eigenvalue weighted by Crippen LogP contribution is -2.18. The van der Waals surface area contributed by atoms with E-state index in [-0.39, 0.29) is 17.6 Å². The van der Waals surface area contributed by atoms with Gasteiger partial charge in [0.05, 0.1) is 24.1 Å². The van der Waals surface area contributed by atoms with Crippen LogP contribution in [0.5, 0.6) is 5.75 Å². The van der Waals surface area contributed by atoms with Crippen molar-refractivity contribution in [1.29, 1.82) is 0 Å². The van der Waals surface area contributed by atoms with Gasteiger partial charge in [0.1, 0.15) is 10.8 Å². The van der Waals surface area contributed by atoms with Crippen LogP contribution in [0.1, 0.15) is 21.6 Å². The summed E-state index contributed by atoms with van der Waals surface area (Å²) in [6.07, 6.45) is 0. The predicted molar refractivity (Wildman–Crippen MR) is 120 cm³/mol. The summed E-state index contributed by atoms with van der Waals surface area (Å²) in [5.41, 5.74) is 3.37. The highest BCUT2D eigenvalue weighted by Crippen LogP contribution is 2.27. The Morgan fingerprint density at radius 3 is 2.43 bits per heavy atom. The Balaban J connectivity index is 1.75. The van der Waals surface area contributed by atoms with Gasteiger partial charge in [-0.15, -0.1) is 0 Å². The lowest BCUT2D eigenvalue weighted by molar-refractivity contribution is -0.113. The molecule has 3 aromatic rings. The lowest BCUT2D eigenvalue weighted by Gasteiger charge is -2.13. The van der Waals surface area contributed by atoms with Crippen molar-refractivity contribution in [1.82, 2.24) is 4.98 Å². The molecule has 0 atom stereocenters. The molecule has 2 amide bonds. The van der Waals surface area contributed by atoms with Gasteiger partial charge in [0, 0.05) is 11.4 Å². The zero-order valence-electron chi connectivity index (χ0n) is 17.1. The Kier molecular flexibility index (Phi) is 7.08. The fourth-order valence-corrected chi connectivity index (χ4v) is 3.91. The summed E-state index contributed by atoms with van der Waals surface area (Å²) < 4.78 is 5.26. The van der Waals surface area contributed by atoms with Crippen molar-refractivity contribution in [3.05, 3.63) is 77.5 Å². The number of pyridine rings is 1. The van der Waals surface area contributed by atoms with Crippen LogP contribution in [-0.4, -0.2) is 29.7 Å². The van der Waals surface area contributed by atoms with Gasteiger partial charge < -0.3 is 15.4 Å². The second-order valence-corrected chi connectivity index (χ2v) is 7.58. The molecule has 1 heterocycles.